The molecule has 0 bridgehead atoms. The number of hydrogen-bond acceptors (Lipinski definition) is 5. The van der Waals surface area contributed by atoms with Gasteiger partial charge in [-0.2, -0.15) is 0 Å². The normalized spacial score (nSPS) is 12.0. The lowest BCUT2D eigenvalue weighted by Gasteiger charge is -2.14. The lowest BCUT2D eigenvalue weighted by atomic mass is 10.2. The summed E-state index contributed by atoms with van der Waals surface area (Å²) >= 11 is 1.37. The van der Waals surface area contributed by atoms with Gasteiger partial charge in [-0.25, -0.2) is 4.98 Å². The number of nitrogens with zero attached hydrogens (tertiary/aromatic N) is 1. The molecule has 0 aliphatic carbocycles. The van der Waals surface area contributed by atoms with Crippen LogP contribution in [-0.4, -0.2) is 35.3 Å². The molecule has 7 heteroatoms. The van der Waals surface area contributed by atoms with Crippen LogP contribution in [0.25, 0.3) is 11.0 Å². The molecule has 3 aromatic rings. The van der Waals surface area contributed by atoms with Crippen molar-refractivity contribution in [3.05, 3.63) is 42.0 Å². The average Bonchev–Trinajstić information content (AvgIpc) is 3.03. The van der Waals surface area contributed by atoms with Gasteiger partial charge in [-0.1, -0.05) is 17.8 Å². The molecular formula is C19H21N3O3S. The minimum absolute atomic E-state index is 0.114. The topological polar surface area (TPSA) is 76.2 Å². The largest absolute Gasteiger partial charge is 0.497 e. The molecule has 1 amide bonds. The molecule has 0 aliphatic heterocycles. The molecule has 6 nitrogen and oxygen atoms in total. The third-order valence-corrected chi connectivity index (χ3v) is 4.92. The number of carbonyl (C=O) groups excluding carboxylic acids is 1. The number of amides is 1. The molecular weight excluding hydrogens is 350 g/mol. The van der Waals surface area contributed by atoms with Crippen molar-refractivity contribution in [1.82, 2.24) is 9.97 Å². The Bertz CT molecular complexity index is 939. The first-order valence-corrected chi connectivity index (χ1v) is 9.04. The fraction of sp³-hybridized carbons (Fsp3) is 0.263. The zero-order chi connectivity index (χ0) is 18.7. The Balaban J connectivity index is 1.72. The molecule has 3 rings (SSSR count). The van der Waals surface area contributed by atoms with Gasteiger partial charge in [0.1, 0.15) is 11.5 Å². The molecule has 2 N–H and O–H groups in total. The van der Waals surface area contributed by atoms with Gasteiger partial charge in [0, 0.05) is 6.07 Å². The maximum atomic E-state index is 12.6. The number of aromatic amines is 1. The van der Waals surface area contributed by atoms with Crippen LogP contribution < -0.4 is 14.8 Å². The number of nitrogens with one attached hydrogen (secondary N) is 2. The zero-order valence-corrected chi connectivity index (χ0v) is 15.9. The fourth-order valence-electron chi connectivity index (χ4n) is 2.52. The first kappa shape index (κ1) is 18.1. The highest BCUT2D eigenvalue weighted by atomic mass is 32.2. The highest BCUT2D eigenvalue weighted by molar-refractivity contribution is 8.00. The molecule has 0 saturated heterocycles. The smallest absolute Gasteiger partial charge is 0.237 e. The van der Waals surface area contributed by atoms with Crippen molar-refractivity contribution in [2.45, 2.75) is 24.3 Å². The molecule has 0 radical (unpaired) electrons. The Morgan fingerprint density at radius 1 is 1.19 bits per heavy atom. The zero-order valence-electron chi connectivity index (χ0n) is 15.1. The number of aryl methyl sites for hydroxylation is 1. The first-order chi connectivity index (χ1) is 12.5. The standard InChI is InChI=1S/C19H21N3O3S/c1-11-5-8-17(25-4)16(9-11)20-18(23)12(2)26-19-21-14-7-6-13(24-3)10-15(14)22-19/h5-10,12H,1-4H3,(H,20,23)(H,21,22)/t12-/m0/s1. The SMILES string of the molecule is COc1ccc2nc(S[C@@H](C)C(=O)Nc3cc(C)ccc3OC)[nH]c2c1. The molecule has 26 heavy (non-hydrogen) atoms. The van der Waals surface area contributed by atoms with E-state index in [1.807, 2.05) is 50.2 Å². The summed E-state index contributed by atoms with van der Waals surface area (Å²) in [7, 11) is 3.21. The third-order valence-electron chi connectivity index (χ3n) is 3.94. The van der Waals surface area contributed by atoms with Crippen molar-refractivity contribution < 1.29 is 14.3 Å². The van der Waals surface area contributed by atoms with Gasteiger partial charge in [0.05, 0.1) is 36.2 Å². The van der Waals surface area contributed by atoms with E-state index in [0.29, 0.717) is 16.6 Å². The highest BCUT2D eigenvalue weighted by Crippen LogP contribution is 2.29. The summed E-state index contributed by atoms with van der Waals surface area (Å²) in [5.41, 5.74) is 3.42. The number of imidazole rings is 1. The number of H-pyrrole nitrogens is 1. The summed E-state index contributed by atoms with van der Waals surface area (Å²) in [4.78, 5) is 20.3. The lowest BCUT2D eigenvalue weighted by Crippen LogP contribution is -2.22. The second-order valence-electron chi connectivity index (χ2n) is 5.88. The van der Waals surface area contributed by atoms with Crippen molar-refractivity contribution in [1.29, 1.82) is 0 Å². The van der Waals surface area contributed by atoms with Gasteiger partial charge in [0.15, 0.2) is 5.16 Å². The minimum atomic E-state index is -0.331. The van der Waals surface area contributed by atoms with E-state index in [1.165, 1.54) is 11.8 Å². The van der Waals surface area contributed by atoms with Crippen LogP contribution in [0.4, 0.5) is 5.69 Å². The number of hydrogen-bond donors (Lipinski definition) is 2. The fourth-order valence-corrected chi connectivity index (χ4v) is 3.34. The van der Waals surface area contributed by atoms with Crippen molar-refractivity contribution in [3.63, 3.8) is 0 Å². The Morgan fingerprint density at radius 3 is 2.73 bits per heavy atom. The van der Waals surface area contributed by atoms with Gasteiger partial charge in [0.25, 0.3) is 0 Å². The van der Waals surface area contributed by atoms with E-state index in [0.717, 1.165) is 22.3 Å². The van der Waals surface area contributed by atoms with Gasteiger partial charge >= 0.3 is 0 Å². The second-order valence-corrected chi connectivity index (χ2v) is 7.21. The molecule has 1 aromatic heterocycles. The molecule has 1 heterocycles. The molecule has 136 valence electrons. The van der Waals surface area contributed by atoms with E-state index in [4.69, 9.17) is 9.47 Å². The summed E-state index contributed by atoms with van der Waals surface area (Å²) in [6, 6.07) is 11.3. The third kappa shape index (κ3) is 3.94. The van der Waals surface area contributed by atoms with Crippen LogP contribution in [0, 0.1) is 6.92 Å². The molecule has 0 unspecified atom stereocenters. The van der Waals surface area contributed by atoms with E-state index in [2.05, 4.69) is 15.3 Å². The maximum Gasteiger partial charge on any atom is 0.237 e. The minimum Gasteiger partial charge on any atom is -0.497 e. The Kier molecular flexibility index (Phi) is 5.37. The van der Waals surface area contributed by atoms with Crippen molar-refractivity contribution in [2.24, 2.45) is 0 Å². The van der Waals surface area contributed by atoms with Gasteiger partial charge in [-0.3, -0.25) is 4.79 Å². The number of ether oxygens (including phenoxy) is 2. The molecule has 0 fully saturated rings. The van der Waals surface area contributed by atoms with E-state index in [-0.39, 0.29) is 11.2 Å². The monoisotopic (exact) mass is 371 g/mol. The first-order valence-electron chi connectivity index (χ1n) is 8.16. The highest BCUT2D eigenvalue weighted by Gasteiger charge is 2.18. The summed E-state index contributed by atoms with van der Waals surface area (Å²) in [5.74, 6) is 1.28. The second kappa shape index (κ2) is 7.70. The van der Waals surface area contributed by atoms with Crippen LogP contribution in [-0.2, 0) is 4.79 Å². The number of fused-ring (bicyclic) bond motifs is 1. The number of carbonyl (C=O) groups is 1. The molecule has 2 aromatic carbocycles. The Hall–Kier alpha value is -2.67. The van der Waals surface area contributed by atoms with Gasteiger partial charge in [-0.15, -0.1) is 0 Å². The summed E-state index contributed by atoms with van der Waals surface area (Å²) in [5, 5.41) is 3.28. The molecule has 0 saturated carbocycles. The van der Waals surface area contributed by atoms with Crippen LogP contribution in [0.5, 0.6) is 11.5 Å². The maximum absolute atomic E-state index is 12.6. The van der Waals surface area contributed by atoms with Gasteiger partial charge in [0.2, 0.25) is 5.91 Å². The van der Waals surface area contributed by atoms with Crippen LogP contribution in [0.15, 0.2) is 41.6 Å². The lowest BCUT2D eigenvalue weighted by molar-refractivity contribution is -0.115. The van der Waals surface area contributed by atoms with E-state index >= 15 is 0 Å². The van der Waals surface area contributed by atoms with E-state index in [1.54, 1.807) is 14.2 Å². The van der Waals surface area contributed by atoms with E-state index < -0.39 is 0 Å². The Morgan fingerprint density at radius 2 is 2.00 bits per heavy atom. The summed E-state index contributed by atoms with van der Waals surface area (Å²) < 4.78 is 10.5. The van der Waals surface area contributed by atoms with Crippen molar-refractivity contribution in [3.8, 4) is 11.5 Å². The predicted octanol–water partition coefficient (Wildman–Crippen LogP) is 4.01. The van der Waals surface area contributed by atoms with Crippen LogP contribution in [0.3, 0.4) is 0 Å². The number of aromatic nitrogens is 2. The number of anilines is 1. The Labute approximate surface area is 156 Å². The van der Waals surface area contributed by atoms with Crippen LogP contribution >= 0.6 is 11.8 Å². The van der Waals surface area contributed by atoms with Crippen LogP contribution in [0.2, 0.25) is 0 Å². The van der Waals surface area contributed by atoms with Crippen molar-refractivity contribution >= 4 is 34.4 Å². The number of methoxy groups -OCH3 is 2. The quantitative estimate of drug-likeness (QED) is 0.640. The molecule has 1 atom stereocenters. The number of benzene rings is 2. The van der Waals surface area contributed by atoms with Crippen LogP contribution in [0.1, 0.15) is 12.5 Å². The predicted molar refractivity (Wildman–Crippen MR) is 104 cm³/mol. The number of thioether (sulfide) groups is 1. The summed E-state index contributed by atoms with van der Waals surface area (Å²) in [6.07, 6.45) is 0. The van der Waals surface area contributed by atoms with E-state index in [9.17, 15) is 4.79 Å². The van der Waals surface area contributed by atoms with Gasteiger partial charge < -0.3 is 19.8 Å². The molecule has 0 aliphatic rings. The number of rotatable bonds is 6. The summed E-state index contributed by atoms with van der Waals surface area (Å²) in [6.45, 7) is 3.81. The molecule has 0 spiro atoms. The van der Waals surface area contributed by atoms with Crippen molar-refractivity contribution in [2.75, 3.05) is 19.5 Å². The average molecular weight is 371 g/mol. The van der Waals surface area contributed by atoms with Gasteiger partial charge in [-0.05, 0) is 43.7 Å².